The van der Waals surface area contributed by atoms with Crippen molar-refractivity contribution in [2.75, 3.05) is 31.2 Å². The summed E-state index contributed by atoms with van der Waals surface area (Å²) in [4.78, 5) is 14.3. The van der Waals surface area contributed by atoms with E-state index >= 15 is 0 Å². The topological polar surface area (TPSA) is 106 Å². The number of benzene rings is 1. The molecule has 1 N–H and O–H groups in total. The maximum Gasteiger partial charge on any atom is 0.260 e. The molecular formula is C16H19N5O4S. The summed E-state index contributed by atoms with van der Waals surface area (Å²) in [6.45, 7) is 0.911. The number of sulfone groups is 1. The van der Waals surface area contributed by atoms with Crippen molar-refractivity contribution in [2.24, 2.45) is 0 Å². The Kier molecular flexibility index (Phi) is 4.37. The predicted molar refractivity (Wildman–Crippen MR) is 92.8 cm³/mol. The zero-order valence-electron chi connectivity index (χ0n) is 14.0. The zero-order chi connectivity index (χ0) is 18.1. The van der Waals surface area contributed by atoms with Crippen molar-refractivity contribution >= 4 is 15.7 Å². The molecule has 2 aliphatic rings. The highest BCUT2D eigenvalue weighted by molar-refractivity contribution is 7.91. The summed E-state index contributed by atoms with van der Waals surface area (Å²) in [6, 6.07) is 6.77. The fourth-order valence-corrected chi connectivity index (χ4v) is 5.47. The Hall–Kier alpha value is -2.46. The minimum absolute atomic E-state index is 0.00764. The van der Waals surface area contributed by atoms with Crippen LogP contribution in [0.2, 0.25) is 0 Å². The van der Waals surface area contributed by atoms with Gasteiger partial charge in [-0.1, -0.05) is 12.1 Å². The van der Waals surface area contributed by atoms with Gasteiger partial charge in [-0.2, -0.15) is 0 Å². The number of para-hydroxylation sites is 2. The van der Waals surface area contributed by atoms with Gasteiger partial charge in [0.2, 0.25) is 0 Å². The fourth-order valence-electron chi connectivity index (χ4n) is 3.52. The van der Waals surface area contributed by atoms with E-state index in [1.165, 1.54) is 0 Å². The normalized spacial score (nSPS) is 24.2. The van der Waals surface area contributed by atoms with Crippen LogP contribution in [0.4, 0.5) is 0 Å². The Morgan fingerprint density at radius 1 is 1.23 bits per heavy atom. The van der Waals surface area contributed by atoms with E-state index in [1.54, 1.807) is 28.2 Å². The molecule has 138 valence electrons. The first-order chi connectivity index (χ1) is 12.5. The van der Waals surface area contributed by atoms with Crippen LogP contribution in [0, 0.1) is 0 Å². The Balaban J connectivity index is 1.47. The van der Waals surface area contributed by atoms with Gasteiger partial charge in [0.15, 0.2) is 16.4 Å². The van der Waals surface area contributed by atoms with E-state index in [9.17, 15) is 13.2 Å². The zero-order valence-corrected chi connectivity index (χ0v) is 14.8. The Morgan fingerprint density at radius 3 is 2.81 bits per heavy atom. The predicted octanol–water partition coefficient (Wildman–Crippen LogP) is -0.756. The second kappa shape index (κ2) is 6.69. The van der Waals surface area contributed by atoms with Crippen LogP contribution in [0.25, 0.3) is 5.69 Å². The summed E-state index contributed by atoms with van der Waals surface area (Å²) >= 11 is 0. The van der Waals surface area contributed by atoms with Crippen LogP contribution in [0.15, 0.2) is 36.9 Å². The SMILES string of the molecule is O=C(COc1ccccc1-n1cnnc1)N1CCN[C@H]2CS(=O)(=O)C[C@H]21. The number of carbonyl (C=O) groups is 1. The molecule has 2 atom stereocenters. The standard InChI is InChI=1S/C16H19N5O4S/c22-16(21-6-5-17-12-8-26(23,24)9-14(12)21)7-25-15-4-2-1-3-13(15)20-10-18-19-11-20/h1-4,10-12,14,17H,5-9H2/t12-,14+/m0/s1. The smallest absolute Gasteiger partial charge is 0.260 e. The molecule has 4 rings (SSSR count). The quantitative estimate of drug-likeness (QED) is 0.747. The molecule has 9 nitrogen and oxygen atoms in total. The first kappa shape index (κ1) is 17.0. The molecule has 2 aromatic rings. The molecule has 3 heterocycles. The van der Waals surface area contributed by atoms with Gasteiger partial charge in [-0.05, 0) is 12.1 Å². The molecule has 1 aromatic carbocycles. The molecule has 2 aliphatic heterocycles. The third kappa shape index (κ3) is 3.29. The minimum Gasteiger partial charge on any atom is -0.482 e. The van der Waals surface area contributed by atoms with Crippen molar-refractivity contribution < 1.29 is 17.9 Å². The molecule has 1 amide bonds. The van der Waals surface area contributed by atoms with E-state index in [0.29, 0.717) is 18.8 Å². The van der Waals surface area contributed by atoms with Crippen LogP contribution in [-0.4, -0.2) is 77.3 Å². The highest BCUT2D eigenvalue weighted by Gasteiger charge is 2.44. The number of carbonyl (C=O) groups excluding carboxylic acids is 1. The highest BCUT2D eigenvalue weighted by Crippen LogP contribution is 2.24. The van der Waals surface area contributed by atoms with Gasteiger partial charge in [0, 0.05) is 19.1 Å². The van der Waals surface area contributed by atoms with Crippen LogP contribution < -0.4 is 10.1 Å². The summed E-state index contributed by atoms with van der Waals surface area (Å²) in [5.74, 6) is 0.412. The van der Waals surface area contributed by atoms with Crippen molar-refractivity contribution in [1.29, 1.82) is 0 Å². The molecule has 1 aromatic heterocycles. The van der Waals surface area contributed by atoms with Crippen molar-refractivity contribution in [3.05, 3.63) is 36.9 Å². The van der Waals surface area contributed by atoms with E-state index in [1.807, 2.05) is 18.2 Å². The van der Waals surface area contributed by atoms with Crippen molar-refractivity contribution in [2.45, 2.75) is 12.1 Å². The third-order valence-corrected chi connectivity index (χ3v) is 6.43. The van der Waals surface area contributed by atoms with Crippen LogP contribution in [0.5, 0.6) is 5.75 Å². The van der Waals surface area contributed by atoms with Gasteiger partial charge in [0.1, 0.15) is 18.4 Å². The first-order valence-electron chi connectivity index (χ1n) is 8.34. The molecular weight excluding hydrogens is 358 g/mol. The summed E-state index contributed by atoms with van der Waals surface area (Å²) in [5, 5.41) is 10.7. The average molecular weight is 377 g/mol. The number of nitrogens with one attached hydrogen (secondary N) is 1. The Morgan fingerprint density at radius 2 is 2.00 bits per heavy atom. The molecule has 10 heteroatoms. The summed E-state index contributed by atoms with van der Waals surface area (Å²) in [7, 11) is -3.11. The third-order valence-electron chi connectivity index (χ3n) is 4.72. The molecule has 2 fully saturated rings. The van der Waals surface area contributed by atoms with Crippen molar-refractivity contribution in [1.82, 2.24) is 25.0 Å². The maximum atomic E-state index is 12.7. The Labute approximate surface area is 150 Å². The second-order valence-corrected chi connectivity index (χ2v) is 8.57. The summed E-state index contributed by atoms with van der Waals surface area (Å²) in [6.07, 6.45) is 3.10. The molecule has 2 saturated heterocycles. The van der Waals surface area contributed by atoms with Gasteiger partial charge in [-0.3, -0.25) is 9.36 Å². The van der Waals surface area contributed by atoms with Crippen LogP contribution >= 0.6 is 0 Å². The van der Waals surface area contributed by atoms with E-state index in [4.69, 9.17) is 4.74 Å². The number of hydrogen-bond donors (Lipinski definition) is 1. The van der Waals surface area contributed by atoms with Gasteiger partial charge in [0.25, 0.3) is 5.91 Å². The highest BCUT2D eigenvalue weighted by atomic mass is 32.2. The van der Waals surface area contributed by atoms with E-state index in [2.05, 4.69) is 15.5 Å². The number of ether oxygens (including phenoxy) is 1. The maximum absolute atomic E-state index is 12.7. The lowest BCUT2D eigenvalue weighted by Crippen LogP contribution is -2.59. The van der Waals surface area contributed by atoms with E-state index in [0.717, 1.165) is 5.69 Å². The number of piperazine rings is 1. The minimum atomic E-state index is -3.11. The monoisotopic (exact) mass is 377 g/mol. The number of hydrogen-bond acceptors (Lipinski definition) is 7. The lowest BCUT2D eigenvalue weighted by Gasteiger charge is -2.37. The molecule has 0 radical (unpaired) electrons. The number of nitrogens with zero attached hydrogens (tertiary/aromatic N) is 4. The van der Waals surface area contributed by atoms with Crippen LogP contribution in [0.1, 0.15) is 0 Å². The van der Waals surface area contributed by atoms with E-state index in [-0.39, 0.29) is 36.1 Å². The molecule has 0 unspecified atom stereocenters. The second-order valence-electron chi connectivity index (χ2n) is 6.42. The van der Waals surface area contributed by atoms with E-state index < -0.39 is 9.84 Å². The van der Waals surface area contributed by atoms with Crippen LogP contribution in [-0.2, 0) is 14.6 Å². The largest absolute Gasteiger partial charge is 0.482 e. The average Bonchev–Trinajstić information content (AvgIpc) is 3.25. The lowest BCUT2D eigenvalue weighted by molar-refractivity contribution is -0.136. The number of fused-ring (bicyclic) bond motifs is 1. The lowest BCUT2D eigenvalue weighted by atomic mass is 10.1. The fraction of sp³-hybridized carbons (Fsp3) is 0.438. The summed E-state index contributed by atoms with van der Waals surface area (Å²) < 4.78 is 31.2. The van der Waals surface area contributed by atoms with Gasteiger partial charge in [-0.25, -0.2) is 8.42 Å². The molecule has 0 aliphatic carbocycles. The van der Waals surface area contributed by atoms with Gasteiger partial charge < -0.3 is 15.0 Å². The van der Waals surface area contributed by atoms with Crippen molar-refractivity contribution in [3.63, 3.8) is 0 Å². The molecule has 26 heavy (non-hydrogen) atoms. The molecule has 0 spiro atoms. The number of rotatable bonds is 4. The number of amides is 1. The van der Waals surface area contributed by atoms with Crippen molar-refractivity contribution in [3.8, 4) is 11.4 Å². The molecule has 0 saturated carbocycles. The number of aromatic nitrogens is 3. The Bertz CT molecular complexity index is 899. The molecule has 0 bridgehead atoms. The first-order valence-corrected chi connectivity index (χ1v) is 10.2. The summed E-state index contributed by atoms with van der Waals surface area (Å²) in [5.41, 5.74) is 0.729. The van der Waals surface area contributed by atoms with Gasteiger partial charge >= 0.3 is 0 Å². The van der Waals surface area contributed by atoms with Gasteiger partial charge in [-0.15, -0.1) is 10.2 Å². The van der Waals surface area contributed by atoms with Crippen LogP contribution in [0.3, 0.4) is 0 Å². The van der Waals surface area contributed by atoms with Gasteiger partial charge in [0.05, 0.1) is 23.2 Å².